The zero-order chi connectivity index (χ0) is 18.6. The standard InChI is InChI=1S/C22H27NO3/c1-17-16-23(14-12-22(17,25)13-15-26-2)21(24)20-11-7-6-10-19(20)18-8-4-3-5-9-18/h3-11,17,25H,12-16H2,1-2H3/t17-,22-/m0/s1. The van der Waals surface area contributed by atoms with Gasteiger partial charge in [-0.05, 0) is 30.0 Å². The van der Waals surface area contributed by atoms with Crippen molar-refractivity contribution in [2.45, 2.75) is 25.4 Å². The number of hydrogen-bond acceptors (Lipinski definition) is 3. The second kappa shape index (κ2) is 8.02. The zero-order valence-electron chi connectivity index (χ0n) is 15.5. The quantitative estimate of drug-likeness (QED) is 0.893. The van der Waals surface area contributed by atoms with Crippen LogP contribution in [-0.4, -0.2) is 48.3 Å². The lowest BCUT2D eigenvalue weighted by atomic mass is 9.79. The molecule has 0 spiro atoms. The zero-order valence-corrected chi connectivity index (χ0v) is 15.5. The van der Waals surface area contributed by atoms with E-state index in [0.717, 1.165) is 11.1 Å². The molecule has 1 amide bonds. The van der Waals surface area contributed by atoms with Crippen molar-refractivity contribution in [2.24, 2.45) is 5.92 Å². The van der Waals surface area contributed by atoms with Crippen LogP contribution in [0.25, 0.3) is 11.1 Å². The molecule has 1 aliphatic rings. The Morgan fingerprint density at radius 1 is 1.19 bits per heavy atom. The van der Waals surface area contributed by atoms with Gasteiger partial charge in [0, 0.05) is 38.3 Å². The second-order valence-corrected chi connectivity index (χ2v) is 7.16. The molecule has 1 heterocycles. The normalized spacial score (nSPS) is 23.0. The van der Waals surface area contributed by atoms with Gasteiger partial charge in [0.25, 0.3) is 5.91 Å². The maximum Gasteiger partial charge on any atom is 0.254 e. The summed E-state index contributed by atoms with van der Waals surface area (Å²) in [5, 5.41) is 10.9. The lowest BCUT2D eigenvalue weighted by Crippen LogP contribution is -2.52. The molecule has 138 valence electrons. The fraction of sp³-hybridized carbons (Fsp3) is 0.409. The van der Waals surface area contributed by atoms with Crippen LogP contribution in [-0.2, 0) is 4.74 Å². The number of amides is 1. The highest BCUT2D eigenvalue weighted by Crippen LogP contribution is 2.33. The fourth-order valence-corrected chi connectivity index (χ4v) is 3.71. The SMILES string of the molecule is COCC[C@@]1(O)CCN(C(=O)c2ccccc2-c2ccccc2)C[C@@H]1C. The minimum atomic E-state index is -0.758. The van der Waals surface area contributed by atoms with Crippen molar-refractivity contribution in [2.75, 3.05) is 26.8 Å². The predicted octanol–water partition coefficient (Wildman–Crippen LogP) is 3.60. The van der Waals surface area contributed by atoms with Gasteiger partial charge in [-0.3, -0.25) is 4.79 Å². The number of ether oxygens (including phenoxy) is 1. The number of aliphatic hydroxyl groups is 1. The molecule has 1 N–H and O–H groups in total. The van der Waals surface area contributed by atoms with Crippen LogP contribution in [0.15, 0.2) is 54.6 Å². The van der Waals surface area contributed by atoms with Gasteiger partial charge in [0.05, 0.1) is 5.60 Å². The van der Waals surface area contributed by atoms with Crippen LogP contribution in [0.5, 0.6) is 0 Å². The minimum Gasteiger partial charge on any atom is -0.389 e. The van der Waals surface area contributed by atoms with Gasteiger partial charge in [-0.1, -0.05) is 55.5 Å². The molecular formula is C22H27NO3. The Morgan fingerprint density at radius 3 is 2.58 bits per heavy atom. The van der Waals surface area contributed by atoms with Crippen molar-refractivity contribution in [3.63, 3.8) is 0 Å². The van der Waals surface area contributed by atoms with Gasteiger partial charge in [-0.2, -0.15) is 0 Å². The van der Waals surface area contributed by atoms with Gasteiger partial charge >= 0.3 is 0 Å². The van der Waals surface area contributed by atoms with E-state index in [2.05, 4.69) is 0 Å². The topological polar surface area (TPSA) is 49.8 Å². The number of likely N-dealkylation sites (tertiary alicyclic amines) is 1. The molecule has 0 unspecified atom stereocenters. The van der Waals surface area contributed by atoms with Crippen LogP contribution in [0.4, 0.5) is 0 Å². The summed E-state index contributed by atoms with van der Waals surface area (Å²) in [6, 6.07) is 17.7. The maximum atomic E-state index is 13.2. The molecular weight excluding hydrogens is 326 g/mol. The van der Waals surface area contributed by atoms with Crippen LogP contribution < -0.4 is 0 Å². The van der Waals surface area contributed by atoms with Crippen molar-refractivity contribution in [3.05, 3.63) is 60.2 Å². The summed E-state index contributed by atoms with van der Waals surface area (Å²) in [7, 11) is 1.65. The highest BCUT2D eigenvalue weighted by molar-refractivity contribution is 6.01. The first-order valence-electron chi connectivity index (χ1n) is 9.20. The number of hydrogen-bond donors (Lipinski definition) is 1. The van der Waals surface area contributed by atoms with Gasteiger partial charge in [-0.25, -0.2) is 0 Å². The molecule has 4 nitrogen and oxygen atoms in total. The lowest BCUT2D eigenvalue weighted by molar-refractivity contribution is -0.0750. The largest absolute Gasteiger partial charge is 0.389 e. The van der Waals surface area contributed by atoms with Crippen LogP contribution in [0.3, 0.4) is 0 Å². The molecule has 0 saturated carbocycles. The van der Waals surface area contributed by atoms with Crippen molar-refractivity contribution in [1.29, 1.82) is 0 Å². The molecule has 2 atom stereocenters. The Labute approximate surface area is 155 Å². The molecule has 3 rings (SSSR count). The van der Waals surface area contributed by atoms with E-state index in [1.807, 2.05) is 66.4 Å². The summed E-state index contributed by atoms with van der Waals surface area (Å²) in [5.41, 5.74) is 1.95. The van der Waals surface area contributed by atoms with E-state index in [4.69, 9.17) is 4.74 Å². The Kier molecular flexibility index (Phi) is 5.74. The van der Waals surface area contributed by atoms with Gasteiger partial charge in [0.2, 0.25) is 0 Å². The number of methoxy groups -OCH3 is 1. The number of carbonyl (C=O) groups is 1. The molecule has 4 heteroatoms. The van der Waals surface area contributed by atoms with Crippen molar-refractivity contribution in [3.8, 4) is 11.1 Å². The Bertz CT molecular complexity index is 746. The number of benzene rings is 2. The highest BCUT2D eigenvalue weighted by atomic mass is 16.5. The van der Waals surface area contributed by atoms with Crippen molar-refractivity contribution < 1.29 is 14.6 Å². The number of piperidine rings is 1. The van der Waals surface area contributed by atoms with Gasteiger partial charge < -0.3 is 14.7 Å². The smallest absolute Gasteiger partial charge is 0.254 e. The highest BCUT2D eigenvalue weighted by Gasteiger charge is 2.40. The molecule has 2 aromatic rings. The number of carbonyl (C=O) groups excluding carboxylic acids is 1. The third kappa shape index (κ3) is 3.81. The molecule has 0 radical (unpaired) electrons. The first kappa shape index (κ1) is 18.6. The average molecular weight is 353 g/mol. The lowest BCUT2D eigenvalue weighted by Gasteiger charge is -2.43. The summed E-state index contributed by atoms with van der Waals surface area (Å²) < 4.78 is 5.13. The predicted molar refractivity (Wildman–Crippen MR) is 103 cm³/mol. The molecule has 0 aliphatic carbocycles. The van der Waals surface area contributed by atoms with E-state index in [1.54, 1.807) is 7.11 Å². The summed E-state index contributed by atoms with van der Waals surface area (Å²) in [6.45, 7) is 3.67. The molecule has 0 bridgehead atoms. The van der Waals surface area contributed by atoms with E-state index < -0.39 is 5.60 Å². The third-order valence-electron chi connectivity index (χ3n) is 5.49. The van der Waals surface area contributed by atoms with Gasteiger partial charge in [0.1, 0.15) is 0 Å². The molecule has 1 aliphatic heterocycles. The van der Waals surface area contributed by atoms with Crippen LogP contribution in [0.2, 0.25) is 0 Å². The first-order valence-corrected chi connectivity index (χ1v) is 9.20. The van der Waals surface area contributed by atoms with E-state index in [0.29, 0.717) is 38.1 Å². The van der Waals surface area contributed by atoms with Gasteiger partial charge in [-0.15, -0.1) is 0 Å². The molecule has 2 aromatic carbocycles. The summed E-state index contributed by atoms with van der Waals surface area (Å²) >= 11 is 0. The third-order valence-corrected chi connectivity index (χ3v) is 5.49. The number of nitrogens with zero attached hydrogens (tertiary/aromatic N) is 1. The Morgan fingerprint density at radius 2 is 1.88 bits per heavy atom. The van der Waals surface area contributed by atoms with E-state index >= 15 is 0 Å². The molecule has 26 heavy (non-hydrogen) atoms. The Balaban J connectivity index is 1.79. The van der Waals surface area contributed by atoms with Crippen LogP contribution >= 0.6 is 0 Å². The maximum absolute atomic E-state index is 13.2. The van der Waals surface area contributed by atoms with Crippen LogP contribution in [0.1, 0.15) is 30.1 Å². The average Bonchev–Trinajstić information content (AvgIpc) is 2.69. The Hall–Kier alpha value is -2.17. The van der Waals surface area contributed by atoms with E-state index in [9.17, 15) is 9.90 Å². The van der Waals surface area contributed by atoms with Crippen molar-refractivity contribution >= 4 is 5.91 Å². The van der Waals surface area contributed by atoms with Crippen LogP contribution in [0, 0.1) is 5.92 Å². The summed E-state index contributed by atoms with van der Waals surface area (Å²) in [4.78, 5) is 15.1. The summed E-state index contributed by atoms with van der Waals surface area (Å²) in [6.07, 6.45) is 1.18. The van der Waals surface area contributed by atoms with E-state index in [1.165, 1.54) is 0 Å². The molecule has 1 fully saturated rings. The molecule has 1 saturated heterocycles. The fourth-order valence-electron chi connectivity index (χ4n) is 3.71. The summed E-state index contributed by atoms with van der Waals surface area (Å²) in [5.74, 6) is 0.0457. The minimum absolute atomic E-state index is 0.0132. The monoisotopic (exact) mass is 353 g/mol. The van der Waals surface area contributed by atoms with Gasteiger partial charge in [0.15, 0.2) is 0 Å². The van der Waals surface area contributed by atoms with Crippen molar-refractivity contribution in [1.82, 2.24) is 4.90 Å². The number of rotatable bonds is 5. The first-order chi connectivity index (χ1) is 12.5. The molecule has 0 aromatic heterocycles. The van der Waals surface area contributed by atoms with E-state index in [-0.39, 0.29) is 11.8 Å². The second-order valence-electron chi connectivity index (χ2n) is 7.16.